The van der Waals surface area contributed by atoms with Gasteiger partial charge >= 0.3 is 0 Å². The molecule has 0 saturated carbocycles. The molecule has 0 radical (unpaired) electrons. The summed E-state index contributed by atoms with van der Waals surface area (Å²) in [4.78, 5) is 11.4. The van der Waals surface area contributed by atoms with E-state index in [-0.39, 0.29) is 0 Å². The van der Waals surface area contributed by atoms with E-state index >= 15 is 0 Å². The van der Waals surface area contributed by atoms with Gasteiger partial charge in [-0.25, -0.2) is 4.98 Å². The number of pyridine rings is 1. The maximum absolute atomic E-state index is 6.10. The number of aromatic nitrogens is 3. The first-order chi connectivity index (χ1) is 11.7. The first-order valence-electron chi connectivity index (χ1n) is 8.18. The van der Waals surface area contributed by atoms with E-state index in [4.69, 9.17) is 16.6 Å². The molecule has 1 atom stereocenters. The summed E-state index contributed by atoms with van der Waals surface area (Å²) in [5.74, 6) is 1.06. The van der Waals surface area contributed by atoms with E-state index in [9.17, 15) is 0 Å². The monoisotopic (exact) mass is 341 g/mol. The van der Waals surface area contributed by atoms with Crippen LogP contribution in [0.5, 0.6) is 0 Å². The minimum absolute atomic E-state index is 0.338. The smallest absolute Gasteiger partial charge is 0.123 e. The predicted octanol–water partition coefficient (Wildman–Crippen LogP) is 2.77. The van der Waals surface area contributed by atoms with Crippen LogP contribution >= 0.6 is 11.6 Å². The van der Waals surface area contributed by atoms with Gasteiger partial charge in [-0.2, -0.15) is 0 Å². The fourth-order valence-corrected chi connectivity index (χ4v) is 3.56. The molecule has 24 heavy (non-hydrogen) atoms. The van der Waals surface area contributed by atoms with E-state index in [1.54, 1.807) is 0 Å². The van der Waals surface area contributed by atoms with Gasteiger partial charge in [0.2, 0.25) is 0 Å². The quantitative estimate of drug-likeness (QED) is 0.795. The van der Waals surface area contributed by atoms with Crippen molar-refractivity contribution < 1.29 is 0 Å². The third-order valence-electron chi connectivity index (χ3n) is 4.73. The lowest BCUT2D eigenvalue weighted by atomic mass is 10.0. The summed E-state index contributed by atoms with van der Waals surface area (Å²) in [5.41, 5.74) is 3.36. The lowest BCUT2D eigenvalue weighted by Crippen LogP contribution is -2.45. The van der Waals surface area contributed by atoms with Crippen LogP contribution in [0.1, 0.15) is 17.4 Å². The molecular formula is C18H20ClN5. The molecule has 0 amide bonds. The van der Waals surface area contributed by atoms with Gasteiger partial charge in [0.15, 0.2) is 0 Å². The van der Waals surface area contributed by atoms with E-state index < -0.39 is 0 Å². The first-order valence-corrected chi connectivity index (χ1v) is 8.56. The van der Waals surface area contributed by atoms with Crippen molar-refractivity contribution in [1.82, 2.24) is 24.8 Å². The Morgan fingerprint density at radius 1 is 1.25 bits per heavy atom. The van der Waals surface area contributed by atoms with E-state index in [2.05, 4.69) is 38.9 Å². The molecule has 1 saturated heterocycles. The number of halogens is 1. The molecule has 2 aromatic heterocycles. The van der Waals surface area contributed by atoms with Gasteiger partial charge in [0.25, 0.3) is 0 Å². The molecule has 5 nitrogen and oxygen atoms in total. The van der Waals surface area contributed by atoms with Crippen molar-refractivity contribution in [1.29, 1.82) is 0 Å². The summed E-state index contributed by atoms with van der Waals surface area (Å²) < 4.78 is 2.16. The molecule has 1 unspecified atom stereocenters. The summed E-state index contributed by atoms with van der Waals surface area (Å²) in [7, 11) is 2.07. The first kappa shape index (κ1) is 15.6. The average Bonchev–Trinajstić information content (AvgIpc) is 2.91. The molecular weight excluding hydrogens is 322 g/mol. The Balaban J connectivity index is 1.64. The van der Waals surface area contributed by atoms with E-state index in [1.807, 2.05) is 30.6 Å². The van der Waals surface area contributed by atoms with E-state index in [0.717, 1.165) is 48.1 Å². The predicted molar refractivity (Wildman–Crippen MR) is 96.0 cm³/mol. The zero-order chi connectivity index (χ0) is 16.5. The van der Waals surface area contributed by atoms with Gasteiger partial charge in [0.1, 0.15) is 5.82 Å². The minimum Gasteiger partial charge on any atom is -0.330 e. The highest BCUT2D eigenvalue weighted by molar-refractivity contribution is 6.31. The Morgan fingerprint density at radius 2 is 2.08 bits per heavy atom. The second-order valence-corrected chi connectivity index (χ2v) is 6.63. The number of fused-ring (bicyclic) bond motifs is 1. The molecule has 6 heteroatoms. The average molecular weight is 342 g/mol. The number of hydrogen-bond acceptors (Lipinski definition) is 4. The Morgan fingerprint density at radius 3 is 2.92 bits per heavy atom. The van der Waals surface area contributed by atoms with E-state index in [0.29, 0.717) is 6.04 Å². The van der Waals surface area contributed by atoms with Gasteiger partial charge in [-0.05, 0) is 35.9 Å². The van der Waals surface area contributed by atoms with Gasteiger partial charge in [0.05, 0.1) is 17.6 Å². The van der Waals surface area contributed by atoms with Crippen molar-refractivity contribution in [2.75, 3.05) is 19.6 Å². The number of imidazole rings is 1. The van der Waals surface area contributed by atoms with E-state index in [1.165, 1.54) is 5.56 Å². The molecule has 0 spiro atoms. The van der Waals surface area contributed by atoms with Gasteiger partial charge < -0.3 is 9.88 Å². The fraction of sp³-hybridized carbons (Fsp3) is 0.333. The maximum Gasteiger partial charge on any atom is 0.123 e. The lowest BCUT2D eigenvalue weighted by molar-refractivity contribution is 0.149. The number of piperazine rings is 1. The molecule has 1 fully saturated rings. The Bertz CT molecular complexity index is 845. The molecule has 3 heterocycles. The van der Waals surface area contributed by atoms with Crippen LogP contribution in [-0.2, 0) is 13.6 Å². The molecule has 1 aliphatic rings. The topological polar surface area (TPSA) is 46.0 Å². The fourth-order valence-electron chi connectivity index (χ4n) is 3.40. The number of rotatable bonds is 3. The van der Waals surface area contributed by atoms with Gasteiger partial charge in [-0.1, -0.05) is 11.6 Å². The summed E-state index contributed by atoms with van der Waals surface area (Å²) in [6.45, 7) is 3.76. The number of nitrogens with one attached hydrogen (secondary N) is 1. The Kier molecular flexibility index (Phi) is 4.22. The highest BCUT2D eigenvalue weighted by Gasteiger charge is 2.25. The molecule has 1 N–H and O–H groups in total. The molecule has 3 aromatic rings. The van der Waals surface area contributed by atoms with Crippen molar-refractivity contribution in [2.45, 2.75) is 12.6 Å². The van der Waals surface area contributed by atoms with Gasteiger partial charge in [-0.15, -0.1) is 0 Å². The third-order valence-corrected chi connectivity index (χ3v) is 4.96. The molecule has 0 bridgehead atoms. The van der Waals surface area contributed by atoms with Crippen LogP contribution in [0.4, 0.5) is 0 Å². The Labute approximate surface area is 146 Å². The SMILES string of the molecule is Cn1c(CN2CCNCC2c2ccncc2)nc2cc(Cl)ccc21. The van der Waals surface area contributed by atoms with Crippen LogP contribution in [0, 0.1) is 0 Å². The normalized spacial score (nSPS) is 19.0. The number of aryl methyl sites for hydroxylation is 1. The second-order valence-electron chi connectivity index (χ2n) is 6.19. The maximum atomic E-state index is 6.10. The number of nitrogens with zero attached hydrogens (tertiary/aromatic N) is 4. The third kappa shape index (κ3) is 2.90. The zero-order valence-corrected chi connectivity index (χ0v) is 14.4. The second kappa shape index (κ2) is 6.51. The standard InChI is InChI=1S/C18H20ClN5/c1-23-16-3-2-14(19)10-15(16)22-18(23)12-24-9-8-21-11-17(24)13-4-6-20-7-5-13/h2-7,10,17,21H,8-9,11-12H2,1H3. The highest BCUT2D eigenvalue weighted by Crippen LogP contribution is 2.25. The van der Waals surface area contributed by atoms with Crippen molar-refractivity contribution in [3.8, 4) is 0 Å². The van der Waals surface area contributed by atoms with Gasteiger partial charge in [-0.3, -0.25) is 9.88 Å². The van der Waals surface area contributed by atoms with Gasteiger partial charge in [0, 0.05) is 50.1 Å². The van der Waals surface area contributed by atoms with Crippen molar-refractivity contribution >= 4 is 22.6 Å². The van der Waals surface area contributed by atoms with Crippen molar-refractivity contribution in [2.24, 2.45) is 7.05 Å². The number of benzene rings is 1. The summed E-state index contributed by atoms with van der Waals surface area (Å²) in [5, 5.41) is 4.22. The zero-order valence-electron chi connectivity index (χ0n) is 13.6. The van der Waals surface area contributed by atoms with Crippen LogP contribution < -0.4 is 5.32 Å². The molecule has 4 rings (SSSR count). The minimum atomic E-state index is 0.338. The van der Waals surface area contributed by atoms with Crippen LogP contribution in [0.15, 0.2) is 42.7 Å². The summed E-state index contributed by atoms with van der Waals surface area (Å²) in [6.07, 6.45) is 3.72. The molecule has 1 aromatic carbocycles. The van der Waals surface area contributed by atoms with Crippen LogP contribution in [0.3, 0.4) is 0 Å². The highest BCUT2D eigenvalue weighted by atomic mass is 35.5. The molecule has 0 aliphatic carbocycles. The van der Waals surface area contributed by atoms with Crippen LogP contribution in [-0.4, -0.2) is 39.1 Å². The van der Waals surface area contributed by atoms with Crippen LogP contribution in [0.25, 0.3) is 11.0 Å². The molecule has 124 valence electrons. The van der Waals surface area contributed by atoms with Crippen molar-refractivity contribution in [3.05, 3.63) is 59.1 Å². The largest absolute Gasteiger partial charge is 0.330 e. The number of hydrogen-bond donors (Lipinski definition) is 1. The summed E-state index contributed by atoms with van der Waals surface area (Å²) >= 11 is 6.10. The Hall–Kier alpha value is -1.95. The van der Waals surface area contributed by atoms with Crippen LogP contribution in [0.2, 0.25) is 5.02 Å². The van der Waals surface area contributed by atoms with Crippen molar-refractivity contribution in [3.63, 3.8) is 0 Å². The summed E-state index contributed by atoms with van der Waals surface area (Å²) in [6, 6.07) is 10.4. The lowest BCUT2D eigenvalue weighted by Gasteiger charge is -2.36. The molecule has 1 aliphatic heterocycles.